The number of carboxylic acid groups (broad SMARTS) is 1. The normalized spacial score (nSPS) is 24.1. The molecule has 1 N–H and O–H groups in total. The molecule has 1 saturated carbocycles. The number of hydrogen-bond donors (Lipinski definition) is 1. The smallest absolute Gasteiger partial charge is 0.304 e. The van der Waals surface area contributed by atoms with Gasteiger partial charge in [-0.15, -0.1) is 0 Å². The Hall–Kier alpha value is -1.16. The second-order valence-corrected chi connectivity index (χ2v) is 6.60. The van der Waals surface area contributed by atoms with Crippen LogP contribution in [-0.2, 0) is 10.2 Å². The minimum Gasteiger partial charge on any atom is -0.489 e. The fraction of sp³-hybridized carbons (Fsp3) is 0.533. The van der Waals surface area contributed by atoms with Gasteiger partial charge in [0.05, 0.1) is 6.42 Å². The van der Waals surface area contributed by atoms with Gasteiger partial charge in [-0.1, -0.05) is 18.2 Å². The lowest BCUT2D eigenvalue weighted by atomic mass is 9.91. The highest BCUT2D eigenvalue weighted by Crippen LogP contribution is 2.54. The number of ether oxygens (including phenoxy) is 1. The number of thioether (sulfide) groups is 1. The summed E-state index contributed by atoms with van der Waals surface area (Å²) in [5.41, 5.74) is 0.919. The van der Waals surface area contributed by atoms with Crippen LogP contribution in [0.15, 0.2) is 24.3 Å². The highest BCUT2D eigenvalue weighted by atomic mass is 32.2. The van der Waals surface area contributed by atoms with Gasteiger partial charge < -0.3 is 9.84 Å². The predicted octanol–water partition coefficient (Wildman–Crippen LogP) is 3.08. The molecule has 0 aromatic heterocycles. The Labute approximate surface area is 117 Å². The Morgan fingerprint density at radius 2 is 2.21 bits per heavy atom. The first-order valence-corrected chi connectivity index (χ1v) is 7.91. The zero-order valence-corrected chi connectivity index (χ0v) is 11.6. The Bertz CT molecular complexity index is 476. The second kappa shape index (κ2) is 5.08. The van der Waals surface area contributed by atoms with Crippen molar-refractivity contribution in [3.05, 3.63) is 29.8 Å². The molecule has 0 radical (unpaired) electrons. The molecule has 3 nitrogen and oxygen atoms in total. The average molecular weight is 278 g/mol. The maximum absolute atomic E-state index is 11.0. The number of carbonyl (C=O) groups is 1. The zero-order chi connectivity index (χ0) is 13.3. The third-order valence-corrected chi connectivity index (χ3v) is 5.11. The van der Waals surface area contributed by atoms with E-state index in [0.717, 1.165) is 42.1 Å². The van der Waals surface area contributed by atoms with Crippen molar-refractivity contribution in [3.63, 3.8) is 0 Å². The third kappa shape index (κ3) is 2.73. The largest absolute Gasteiger partial charge is 0.489 e. The fourth-order valence-electron chi connectivity index (χ4n) is 2.77. The van der Waals surface area contributed by atoms with Gasteiger partial charge in [0.25, 0.3) is 0 Å². The molecular weight excluding hydrogens is 260 g/mol. The molecule has 1 aliphatic carbocycles. The standard InChI is InChI=1S/C15H18O3S/c16-14(17)9-15(6-7-15)12-3-1-2-4-13(12)18-11-5-8-19-10-11/h1-4,11H,5-10H2,(H,16,17). The van der Waals surface area contributed by atoms with Crippen molar-refractivity contribution in [1.29, 1.82) is 0 Å². The minimum absolute atomic E-state index is 0.172. The first kappa shape index (κ1) is 12.9. The molecular formula is C15H18O3S. The Balaban J connectivity index is 1.82. The van der Waals surface area contributed by atoms with Crippen molar-refractivity contribution in [3.8, 4) is 5.75 Å². The topological polar surface area (TPSA) is 46.5 Å². The van der Waals surface area contributed by atoms with Gasteiger partial charge in [-0.3, -0.25) is 4.79 Å². The highest BCUT2D eigenvalue weighted by Gasteiger charge is 2.47. The van der Waals surface area contributed by atoms with E-state index < -0.39 is 5.97 Å². The van der Waals surface area contributed by atoms with Gasteiger partial charge in [0.1, 0.15) is 11.9 Å². The van der Waals surface area contributed by atoms with E-state index in [1.807, 2.05) is 36.0 Å². The molecule has 2 fully saturated rings. The second-order valence-electron chi connectivity index (χ2n) is 5.45. The van der Waals surface area contributed by atoms with Gasteiger partial charge in [0, 0.05) is 16.7 Å². The summed E-state index contributed by atoms with van der Waals surface area (Å²) in [6, 6.07) is 7.97. The maximum Gasteiger partial charge on any atom is 0.304 e. The number of carboxylic acids is 1. The van der Waals surface area contributed by atoms with Crippen LogP contribution in [0, 0.1) is 0 Å². The fourth-order valence-corrected chi connectivity index (χ4v) is 3.87. The van der Waals surface area contributed by atoms with Crippen molar-refractivity contribution in [2.45, 2.75) is 37.2 Å². The molecule has 1 aromatic rings. The lowest BCUT2D eigenvalue weighted by Crippen LogP contribution is -2.19. The van der Waals surface area contributed by atoms with Crippen LogP contribution in [0.3, 0.4) is 0 Å². The molecule has 3 rings (SSSR count). The molecule has 1 unspecified atom stereocenters. The van der Waals surface area contributed by atoms with Crippen molar-refractivity contribution < 1.29 is 14.6 Å². The van der Waals surface area contributed by atoms with Crippen LogP contribution in [0.4, 0.5) is 0 Å². The molecule has 1 aromatic carbocycles. The summed E-state index contributed by atoms with van der Waals surface area (Å²) in [5.74, 6) is 2.38. The van der Waals surface area contributed by atoms with E-state index in [-0.39, 0.29) is 17.9 Å². The predicted molar refractivity (Wildman–Crippen MR) is 76.0 cm³/mol. The van der Waals surface area contributed by atoms with Crippen LogP contribution in [0.2, 0.25) is 0 Å². The summed E-state index contributed by atoms with van der Waals surface area (Å²) < 4.78 is 6.10. The zero-order valence-electron chi connectivity index (χ0n) is 10.8. The maximum atomic E-state index is 11.0. The third-order valence-electron chi connectivity index (χ3n) is 3.98. The van der Waals surface area contributed by atoms with E-state index in [0.29, 0.717) is 0 Å². The van der Waals surface area contributed by atoms with Crippen molar-refractivity contribution in [2.24, 2.45) is 0 Å². The summed E-state index contributed by atoms with van der Waals surface area (Å²) in [6.45, 7) is 0. The van der Waals surface area contributed by atoms with Crippen molar-refractivity contribution in [2.75, 3.05) is 11.5 Å². The van der Waals surface area contributed by atoms with E-state index in [1.165, 1.54) is 0 Å². The summed E-state index contributed by atoms with van der Waals surface area (Å²) >= 11 is 1.92. The number of rotatable bonds is 5. The molecule has 0 amide bonds. The average Bonchev–Trinajstić information content (AvgIpc) is 2.96. The lowest BCUT2D eigenvalue weighted by Gasteiger charge is -2.20. The van der Waals surface area contributed by atoms with Gasteiger partial charge in [0.2, 0.25) is 0 Å². The molecule has 1 atom stereocenters. The molecule has 102 valence electrons. The van der Waals surface area contributed by atoms with E-state index in [2.05, 4.69) is 0 Å². The molecule has 0 spiro atoms. The first-order valence-electron chi connectivity index (χ1n) is 6.75. The van der Waals surface area contributed by atoms with Crippen LogP contribution in [0.25, 0.3) is 0 Å². The minimum atomic E-state index is -0.719. The number of benzene rings is 1. The Kier molecular flexibility index (Phi) is 3.44. The van der Waals surface area contributed by atoms with E-state index >= 15 is 0 Å². The molecule has 1 heterocycles. The van der Waals surface area contributed by atoms with E-state index in [4.69, 9.17) is 9.84 Å². The van der Waals surface area contributed by atoms with Crippen molar-refractivity contribution in [1.82, 2.24) is 0 Å². The van der Waals surface area contributed by atoms with Crippen molar-refractivity contribution >= 4 is 17.7 Å². The van der Waals surface area contributed by atoms with Crippen LogP contribution < -0.4 is 4.74 Å². The Morgan fingerprint density at radius 1 is 1.42 bits per heavy atom. The quantitative estimate of drug-likeness (QED) is 0.899. The van der Waals surface area contributed by atoms with Gasteiger partial charge in [-0.05, 0) is 31.1 Å². The summed E-state index contributed by atoms with van der Waals surface area (Å²) in [5, 5.41) is 9.08. The van der Waals surface area contributed by atoms with Gasteiger partial charge in [-0.2, -0.15) is 11.8 Å². The highest BCUT2D eigenvalue weighted by molar-refractivity contribution is 7.99. The number of para-hydroxylation sites is 1. The van der Waals surface area contributed by atoms with Gasteiger partial charge in [-0.25, -0.2) is 0 Å². The van der Waals surface area contributed by atoms with Crippen LogP contribution in [0.1, 0.15) is 31.2 Å². The molecule has 1 aliphatic heterocycles. The first-order chi connectivity index (χ1) is 9.20. The van der Waals surface area contributed by atoms with Crippen LogP contribution >= 0.6 is 11.8 Å². The summed E-state index contributed by atoms with van der Waals surface area (Å²) in [7, 11) is 0. The molecule has 2 aliphatic rings. The monoisotopic (exact) mass is 278 g/mol. The van der Waals surface area contributed by atoms with Gasteiger partial charge >= 0.3 is 5.97 Å². The molecule has 0 bridgehead atoms. The summed E-state index contributed by atoms with van der Waals surface area (Å²) in [6.07, 6.45) is 3.50. The number of aliphatic carboxylic acids is 1. The van der Waals surface area contributed by atoms with Crippen LogP contribution in [-0.4, -0.2) is 28.7 Å². The Morgan fingerprint density at radius 3 is 2.84 bits per heavy atom. The lowest BCUT2D eigenvalue weighted by molar-refractivity contribution is -0.137. The molecule has 1 saturated heterocycles. The molecule has 19 heavy (non-hydrogen) atoms. The van der Waals surface area contributed by atoms with Gasteiger partial charge in [0.15, 0.2) is 0 Å². The van der Waals surface area contributed by atoms with E-state index in [1.54, 1.807) is 0 Å². The SMILES string of the molecule is O=C(O)CC1(c2ccccc2OC2CCSC2)CC1. The molecule has 4 heteroatoms. The number of hydrogen-bond acceptors (Lipinski definition) is 3. The van der Waals surface area contributed by atoms with Crippen LogP contribution in [0.5, 0.6) is 5.75 Å². The summed E-state index contributed by atoms with van der Waals surface area (Å²) in [4.78, 5) is 11.0. The van der Waals surface area contributed by atoms with E-state index in [9.17, 15) is 4.79 Å².